The summed E-state index contributed by atoms with van der Waals surface area (Å²) >= 11 is 0. The third-order valence-electron chi connectivity index (χ3n) is 2.56. The first kappa shape index (κ1) is 13.7. The largest absolute Gasteiger partial charge is 0.396 e. The number of hydrogen-bond acceptors (Lipinski definition) is 3. The predicted octanol–water partition coefficient (Wildman–Crippen LogP) is 2.14. The standard InChI is InChI=1S/C12H18F2N2O/c1-8(2)16(4-3-5-17)11-7-9(13)6-10(14)12(11)15/h6-8,17H,3-5,15H2,1-2H3. The van der Waals surface area contributed by atoms with E-state index < -0.39 is 11.6 Å². The molecule has 0 aliphatic rings. The summed E-state index contributed by atoms with van der Waals surface area (Å²) in [4.78, 5) is 1.78. The Bertz CT molecular complexity index is 383. The molecule has 0 fully saturated rings. The molecule has 96 valence electrons. The van der Waals surface area contributed by atoms with Crippen molar-refractivity contribution in [3.05, 3.63) is 23.8 Å². The molecule has 17 heavy (non-hydrogen) atoms. The third-order valence-corrected chi connectivity index (χ3v) is 2.56. The number of nitrogens with zero attached hydrogens (tertiary/aromatic N) is 1. The highest BCUT2D eigenvalue weighted by atomic mass is 19.1. The van der Waals surface area contributed by atoms with Crippen LogP contribution in [-0.4, -0.2) is 24.3 Å². The number of hydrogen-bond donors (Lipinski definition) is 2. The normalized spacial score (nSPS) is 10.9. The lowest BCUT2D eigenvalue weighted by Crippen LogP contribution is -2.33. The summed E-state index contributed by atoms with van der Waals surface area (Å²) in [5.41, 5.74) is 5.90. The van der Waals surface area contributed by atoms with Gasteiger partial charge in [-0.25, -0.2) is 8.78 Å². The quantitative estimate of drug-likeness (QED) is 0.780. The Labute approximate surface area is 99.8 Å². The van der Waals surface area contributed by atoms with Crippen LogP contribution in [0.25, 0.3) is 0 Å². The maximum absolute atomic E-state index is 13.3. The Morgan fingerprint density at radius 2 is 2.00 bits per heavy atom. The van der Waals surface area contributed by atoms with E-state index in [4.69, 9.17) is 10.8 Å². The number of halogens is 2. The molecule has 1 aromatic carbocycles. The minimum Gasteiger partial charge on any atom is -0.396 e. The van der Waals surface area contributed by atoms with Crippen LogP contribution in [0, 0.1) is 11.6 Å². The molecule has 0 saturated carbocycles. The predicted molar refractivity (Wildman–Crippen MR) is 65.0 cm³/mol. The molecule has 0 aliphatic carbocycles. The van der Waals surface area contributed by atoms with Gasteiger partial charge in [0.25, 0.3) is 0 Å². The Morgan fingerprint density at radius 3 is 2.53 bits per heavy atom. The van der Waals surface area contributed by atoms with Crippen LogP contribution < -0.4 is 10.6 Å². The van der Waals surface area contributed by atoms with Gasteiger partial charge >= 0.3 is 0 Å². The number of aliphatic hydroxyl groups is 1. The lowest BCUT2D eigenvalue weighted by molar-refractivity contribution is 0.288. The van der Waals surface area contributed by atoms with Crippen LogP contribution in [0.2, 0.25) is 0 Å². The lowest BCUT2D eigenvalue weighted by Gasteiger charge is -2.30. The van der Waals surface area contributed by atoms with Crippen LogP contribution in [0.3, 0.4) is 0 Å². The first-order chi connectivity index (χ1) is 7.97. The van der Waals surface area contributed by atoms with E-state index in [1.54, 1.807) is 4.90 Å². The van der Waals surface area contributed by atoms with Gasteiger partial charge in [-0.05, 0) is 26.3 Å². The van der Waals surface area contributed by atoms with Crippen LogP contribution in [0.1, 0.15) is 20.3 Å². The number of nitrogen functional groups attached to an aromatic ring is 1. The van der Waals surface area contributed by atoms with Crippen LogP contribution in [0.15, 0.2) is 12.1 Å². The van der Waals surface area contributed by atoms with Gasteiger partial charge in [0.05, 0.1) is 11.4 Å². The molecule has 0 amide bonds. The van der Waals surface area contributed by atoms with E-state index in [0.29, 0.717) is 18.7 Å². The summed E-state index contributed by atoms with van der Waals surface area (Å²) in [6, 6.07) is 2.03. The van der Waals surface area contributed by atoms with Gasteiger partial charge in [-0.3, -0.25) is 0 Å². The molecule has 0 heterocycles. The molecule has 1 rings (SSSR count). The smallest absolute Gasteiger partial charge is 0.151 e. The van der Waals surface area contributed by atoms with Crippen molar-refractivity contribution in [3.8, 4) is 0 Å². The Morgan fingerprint density at radius 1 is 1.35 bits per heavy atom. The van der Waals surface area contributed by atoms with E-state index in [1.807, 2.05) is 13.8 Å². The van der Waals surface area contributed by atoms with E-state index in [-0.39, 0.29) is 18.3 Å². The van der Waals surface area contributed by atoms with Crippen LogP contribution in [0.5, 0.6) is 0 Å². The SMILES string of the molecule is CC(C)N(CCCO)c1cc(F)cc(F)c1N. The first-order valence-corrected chi connectivity index (χ1v) is 5.59. The zero-order valence-electron chi connectivity index (χ0n) is 10.1. The summed E-state index contributed by atoms with van der Waals surface area (Å²) in [5, 5.41) is 8.82. The second-order valence-corrected chi connectivity index (χ2v) is 4.18. The molecule has 0 atom stereocenters. The van der Waals surface area contributed by atoms with E-state index in [1.165, 1.54) is 6.07 Å². The number of benzene rings is 1. The highest BCUT2D eigenvalue weighted by Gasteiger charge is 2.16. The summed E-state index contributed by atoms with van der Waals surface area (Å²) in [7, 11) is 0. The highest BCUT2D eigenvalue weighted by Crippen LogP contribution is 2.28. The van der Waals surface area contributed by atoms with Gasteiger partial charge in [-0.15, -0.1) is 0 Å². The zero-order valence-corrected chi connectivity index (χ0v) is 10.1. The molecule has 1 aromatic rings. The molecule has 3 N–H and O–H groups in total. The minimum atomic E-state index is -0.755. The first-order valence-electron chi connectivity index (χ1n) is 5.59. The van der Waals surface area contributed by atoms with Crippen molar-refractivity contribution in [2.45, 2.75) is 26.3 Å². The molecule has 0 spiro atoms. The van der Waals surface area contributed by atoms with E-state index >= 15 is 0 Å². The molecular formula is C12H18F2N2O. The van der Waals surface area contributed by atoms with Gasteiger partial charge < -0.3 is 15.7 Å². The topological polar surface area (TPSA) is 49.5 Å². The van der Waals surface area contributed by atoms with E-state index in [0.717, 1.165) is 6.07 Å². The highest BCUT2D eigenvalue weighted by molar-refractivity contribution is 5.68. The van der Waals surface area contributed by atoms with Crippen molar-refractivity contribution in [3.63, 3.8) is 0 Å². The van der Waals surface area contributed by atoms with Crippen molar-refractivity contribution in [2.24, 2.45) is 0 Å². The van der Waals surface area contributed by atoms with E-state index in [9.17, 15) is 8.78 Å². The number of nitrogens with two attached hydrogens (primary N) is 1. The maximum atomic E-state index is 13.3. The van der Waals surface area contributed by atoms with Crippen LogP contribution in [0.4, 0.5) is 20.2 Å². The van der Waals surface area contributed by atoms with Crippen molar-refractivity contribution in [1.29, 1.82) is 0 Å². The van der Waals surface area contributed by atoms with Crippen molar-refractivity contribution >= 4 is 11.4 Å². The van der Waals surface area contributed by atoms with Crippen LogP contribution in [-0.2, 0) is 0 Å². The monoisotopic (exact) mass is 244 g/mol. The third kappa shape index (κ3) is 3.30. The average Bonchev–Trinajstić information content (AvgIpc) is 2.24. The van der Waals surface area contributed by atoms with Crippen molar-refractivity contribution in [2.75, 3.05) is 23.8 Å². The summed E-state index contributed by atoms with van der Waals surface area (Å²) in [5.74, 6) is -1.41. The maximum Gasteiger partial charge on any atom is 0.151 e. The summed E-state index contributed by atoms with van der Waals surface area (Å²) in [6.45, 7) is 4.33. The van der Waals surface area contributed by atoms with Gasteiger partial charge in [-0.1, -0.05) is 0 Å². The fourth-order valence-electron chi connectivity index (χ4n) is 1.71. The van der Waals surface area contributed by atoms with Crippen LogP contribution >= 0.6 is 0 Å². The Balaban J connectivity index is 3.09. The minimum absolute atomic E-state index is 0.0287. The van der Waals surface area contributed by atoms with Gasteiger partial charge in [-0.2, -0.15) is 0 Å². The number of rotatable bonds is 5. The molecule has 0 saturated heterocycles. The van der Waals surface area contributed by atoms with Gasteiger partial charge in [0.15, 0.2) is 5.82 Å². The molecule has 0 radical (unpaired) electrons. The Kier molecular flexibility index (Phi) is 4.69. The fraction of sp³-hybridized carbons (Fsp3) is 0.500. The zero-order chi connectivity index (χ0) is 13.0. The number of anilines is 2. The van der Waals surface area contributed by atoms with Gasteiger partial charge in [0.1, 0.15) is 5.82 Å². The van der Waals surface area contributed by atoms with Gasteiger partial charge in [0.2, 0.25) is 0 Å². The second kappa shape index (κ2) is 5.82. The van der Waals surface area contributed by atoms with Crippen molar-refractivity contribution < 1.29 is 13.9 Å². The molecule has 0 unspecified atom stereocenters. The average molecular weight is 244 g/mol. The molecule has 0 aliphatic heterocycles. The molecule has 3 nitrogen and oxygen atoms in total. The Hall–Kier alpha value is -1.36. The summed E-state index contributed by atoms with van der Waals surface area (Å²) < 4.78 is 26.5. The van der Waals surface area contributed by atoms with Crippen molar-refractivity contribution in [1.82, 2.24) is 0 Å². The molecule has 0 bridgehead atoms. The second-order valence-electron chi connectivity index (χ2n) is 4.18. The molecule has 0 aromatic heterocycles. The fourth-order valence-corrected chi connectivity index (χ4v) is 1.71. The van der Waals surface area contributed by atoms with E-state index in [2.05, 4.69) is 0 Å². The van der Waals surface area contributed by atoms with Gasteiger partial charge in [0, 0.05) is 25.3 Å². The molecule has 5 heteroatoms. The number of aliphatic hydroxyl groups excluding tert-OH is 1. The molecular weight excluding hydrogens is 226 g/mol. The summed E-state index contributed by atoms with van der Waals surface area (Å²) in [6.07, 6.45) is 0.524. The lowest BCUT2D eigenvalue weighted by atomic mass is 10.2.